The second kappa shape index (κ2) is 5.30. The summed E-state index contributed by atoms with van der Waals surface area (Å²) in [6.07, 6.45) is 1.64. The van der Waals surface area contributed by atoms with Crippen molar-refractivity contribution in [2.75, 3.05) is 19.6 Å². The van der Waals surface area contributed by atoms with Gasteiger partial charge in [-0.15, -0.1) is 0 Å². The van der Waals surface area contributed by atoms with Gasteiger partial charge < -0.3 is 20.2 Å². The van der Waals surface area contributed by atoms with Gasteiger partial charge in [-0.25, -0.2) is 9.59 Å². The number of hydrogen-bond donors (Lipinski definition) is 2. The highest BCUT2D eigenvalue weighted by molar-refractivity contribution is 5.91. The van der Waals surface area contributed by atoms with Crippen LogP contribution in [0.1, 0.15) is 33.1 Å². The number of carbonyl (C=O) groups is 3. The van der Waals surface area contributed by atoms with Gasteiger partial charge in [0.15, 0.2) is 0 Å². The smallest absolute Gasteiger partial charge is 0.329 e. The molecule has 2 saturated heterocycles. The van der Waals surface area contributed by atoms with E-state index in [-0.39, 0.29) is 11.9 Å². The number of urea groups is 1. The van der Waals surface area contributed by atoms with Crippen molar-refractivity contribution < 1.29 is 19.5 Å². The molecule has 2 aliphatic heterocycles. The Morgan fingerprint density at radius 2 is 2.15 bits per heavy atom. The van der Waals surface area contributed by atoms with Crippen LogP contribution in [-0.2, 0) is 9.59 Å². The minimum Gasteiger partial charge on any atom is -0.480 e. The SMILES string of the molecule is CCC1C(=O)NCCN1C(=O)N1CCCC1(C)C(=O)O. The zero-order valence-corrected chi connectivity index (χ0v) is 11.9. The van der Waals surface area contributed by atoms with Crippen LogP contribution < -0.4 is 5.32 Å². The van der Waals surface area contributed by atoms with E-state index in [4.69, 9.17) is 0 Å². The van der Waals surface area contributed by atoms with Gasteiger partial charge in [0.2, 0.25) is 5.91 Å². The van der Waals surface area contributed by atoms with E-state index < -0.39 is 17.6 Å². The second-order valence-corrected chi connectivity index (χ2v) is 5.53. The highest BCUT2D eigenvalue weighted by atomic mass is 16.4. The van der Waals surface area contributed by atoms with Gasteiger partial charge in [0.1, 0.15) is 11.6 Å². The summed E-state index contributed by atoms with van der Waals surface area (Å²) in [4.78, 5) is 38.8. The highest BCUT2D eigenvalue weighted by Gasteiger charge is 2.48. The number of amides is 3. The first kappa shape index (κ1) is 14.6. The lowest BCUT2D eigenvalue weighted by Gasteiger charge is -2.40. The van der Waals surface area contributed by atoms with Crippen molar-refractivity contribution in [2.24, 2.45) is 0 Å². The second-order valence-electron chi connectivity index (χ2n) is 5.53. The molecule has 0 aromatic rings. The number of carboxylic acid groups (broad SMARTS) is 1. The van der Waals surface area contributed by atoms with E-state index in [0.29, 0.717) is 38.9 Å². The Morgan fingerprint density at radius 1 is 1.45 bits per heavy atom. The van der Waals surface area contributed by atoms with Gasteiger partial charge in [0, 0.05) is 19.6 Å². The number of hydrogen-bond acceptors (Lipinski definition) is 3. The summed E-state index contributed by atoms with van der Waals surface area (Å²) in [7, 11) is 0. The predicted octanol–water partition coefficient (Wildman–Crippen LogP) is 0.256. The predicted molar refractivity (Wildman–Crippen MR) is 71.2 cm³/mol. The lowest BCUT2D eigenvalue weighted by molar-refractivity contribution is -0.147. The van der Waals surface area contributed by atoms with E-state index in [1.165, 1.54) is 9.80 Å². The lowest BCUT2D eigenvalue weighted by Crippen LogP contribution is -2.63. The third kappa shape index (κ3) is 2.21. The maximum atomic E-state index is 12.6. The molecule has 0 bridgehead atoms. The maximum absolute atomic E-state index is 12.6. The van der Waals surface area contributed by atoms with Crippen molar-refractivity contribution in [1.82, 2.24) is 15.1 Å². The molecule has 2 N–H and O–H groups in total. The molecule has 0 radical (unpaired) electrons. The summed E-state index contributed by atoms with van der Waals surface area (Å²) in [5.74, 6) is -1.15. The maximum Gasteiger partial charge on any atom is 0.329 e. The summed E-state index contributed by atoms with van der Waals surface area (Å²) < 4.78 is 0. The Labute approximate surface area is 117 Å². The lowest BCUT2D eigenvalue weighted by atomic mass is 9.99. The molecule has 20 heavy (non-hydrogen) atoms. The van der Waals surface area contributed by atoms with Crippen molar-refractivity contribution in [2.45, 2.75) is 44.7 Å². The largest absolute Gasteiger partial charge is 0.480 e. The first-order valence-corrected chi connectivity index (χ1v) is 7.01. The fourth-order valence-electron chi connectivity index (χ4n) is 3.00. The number of carboxylic acids is 1. The molecule has 0 aromatic heterocycles. The molecule has 2 unspecified atom stereocenters. The fourth-order valence-corrected chi connectivity index (χ4v) is 3.00. The molecule has 2 aliphatic rings. The summed E-state index contributed by atoms with van der Waals surface area (Å²) in [6, 6.07) is -0.844. The van der Waals surface area contributed by atoms with Crippen LogP contribution in [0.5, 0.6) is 0 Å². The first-order chi connectivity index (χ1) is 9.41. The van der Waals surface area contributed by atoms with Crippen LogP contribution in [0.15, 0.2) is 0 Å². The van der Waals surface area contributed by atoms with Crippen molar-refractivity contribution in [3.05, 3.63) is 0 Å². The molecular formula is C13H21N3O4. The molecule has 2 fully saturated rings. The van der Waals surface area contributed by atoms with E-state index in [9.17, 15) is 19.5 Å². The molecule has 0 aromatic carbocycles. The zero-order valence-electron chi connectivity index (χ0n) is 11.9. The summed E-state index contributed by atoms with van der Waals surface area (Å²) >= 11 is 0. The van der Waals surface area contributed by atoms with Gasteiger partial charge in [-0.2, -0.15) is 0 Å². The molecule has 2 atom stereocenters. The Hall–Kier alpha value is -1.79. The monoisotopic (exact) mass is 283 g/mol. The van der Waals surface area contributed by atoms with Crippen LogP contribution >= 0.6 is 0 Å². The van der Waals surface area contributed by atoms with Gasteiger partial charge in [-0.05, 0) is 26.2 Å². The topological polar surface area (TPSA) is 90.0 Å². The molecule has 7 heteroatoms. The van der Waals surface area contributed by atoms with Crippen LogP contribution in [0.25, 0.3) is 0 Å². The molecule has 0 saturated carbocycles. The summed E-state index contributed by atoms with van der Waals surface area (Å²) in [6.45, 7) is 4.69. The third-order valence-electron chi connectivity index (χ3n) is 4.30. The number of rotatable bonds is 2. The summed E-state index contributed by atoms with van der Waals surface area (Å²) in [5.41, 5.74) is -1.16. The molecule has 2 heterocycles. The standard InChI is InChI=1S/C13H21N3O4/c1-3-9-10(17)14-6-8-15(9)12(20)16-7-4-5-13(16,2)11(18)19/h9H,3-8H2,1-2H3,(H,14,17)(H,18,19). The summed E-state index contributed by atoms with van der Waals surface area (Å²) in [5, 5.41) is 12.1. The van der Waals surface area contributed by atoms with Gasteiger partial charge in [0.25, 0.3) is 0 Å². The van der Waals surface area contributed by atoms with Gasteiger partial charge in [-0.1, -0.05) is 6.92 Å². The molecule has 2 rings (SSSR count). The van der Waals surface area contributed by atoms with E-state index >= 15 is 0 Å². The molecule has 3 amide bonds. The zero-order chi connectivity index (χ0) is 14.9. The molecule has 0 spiro atoms. The number of piperazine rings is 1. The minimum absolute atomic E-state index is 0.164. The van der Waals surface area contributed by atoms with Crippen LogP contribution in [0.3, 0.4) is 0 Å². The fraction of sp³-hybridized carbons (Fsp3) is 0.769. The molecule has 112 valence electrons. The Bertz CT molecular complexity index is 439. The highest BCUT2D eigenvalue weighted by Crippen LogP contribution is 2.31. The quantitative estimate of drug-likeness (QED) is 0.760. The van der Waals surface area contributed by atoms with Gasteiger partial charge >= 0.3 is 12.0 Å². The molecular weight excluding hydrogens is 262 g/mol. The van der Waals surface area contributed by atoms with Crippen LogP contribution in [0.4, 0.5) is 4.79 Å². The molecule has 0 aliphatic carbocycles. The van der Waals surface area contributed by atoms with Gasteiger partial charge in [0.05, 0.1) is 0 Å². The van der Waals surface area contributed by atoms with E-state index in [2.05, 4.69) is 5.32 Å². The third-order valence-corrected chi connectivity index (χ3v) is 4.30. The van der Waals surface area contributed by atoms with Crippen molar-refractivity contribution in [3.8, 4) is 0 Å². The Kier molecular flexibility index (Phi) is 3.87. The van der Waals surface area contributed by atoms with Crippen LogP contribution in [-0.4, -0.2) is 64.0 Å². The Morgan fingerprint density at radius 3 is 2.75 bits per heavy atom. The van der Waals surface area contributed by atoms with E-state index in [0.717, 1.165) is 0 Å². The van der Waals surface area contributed by atoms with Crippen molar-refractivity contribution in [3.63, 3.8) is 0 Å². The molecule has 7 nitrogen and oxygen atoms in total. The Balaban J connectivity index is 2.21. The van der Waals surface area contributed by atoms with Crippen molar-refractivity contribution in [1.29, 1.82) is 0 Å². The minimum atomic E-state index is -1.16. The number of carbonyl (C=O) groups excluding carboxylic acids is 2. The van der Waals surface area contributed by atoms with E-state index in [1.54, 1.807) is 6.92 Å². The number of nitrogens with zero attached hydrogens (tertiary/aromatic N) is 2. The number of likely N-dealkylation sites (tertiary alicyclic amines) is 1. The normalized spacial score (nSPS) is 30.3. The van der Waals surface area contributed by atoms with Crippen molar-refractivity contribution >= 4 is 17.9 Å². The first-order valence-electron chi connectivity index (χ1n) is 7.01. The average Bonchev–Trinajstić information content (AvgIpc) is 2.81. The van der Waals surface area contributed by atoms with Crippen LogP contribution in [0, 0.1) is 0 Å². The van der Waals surface area contributed by atoms with E-state index in [1.807, 2.05) is 6.92 Å². The van der Waals surface area contributed by atoms with Gasteiger partial charge in [-0.3, -0.25) is 4.79 Å². The van der Waals surface area contributed by atoms with Crippen LogP contribution in [0.2, 0.25) is 0 Å². The number of nitrogens with one attached hydrogen (secondary N) is 1. The number of aliphatic carboxylic acids is 1. The average molecular weight is 283 g/mol.